The normalized spacial score (nSPS) is 13.9. The number of rotatable bonds is 6. The maximum atomic E-state index is 13.8. The second-order valence-electron chi connectivity index (χ2n) is 7.38. The molecule has 3 aromatic rings. The summed E-state index contributed by atoms with van der Waals surface area (Å²) in [5.41, 5.74) is 3.64. The van der Waals surface area contributed by atoms with E-state index in [0.29, 0.717) is 23.9 Å². The van der Waals surface area contributed by atoms with Crippen molar-refractivity contribution in [2.24, 2.45) is 0 Å². The lowest BCUT2D eigenvalue weighted by molar-refractivity contribution is 0.578. The molecule has 0 bridgehead atoms. The van der Waals surface area contributed by atoms with Gasteiger partial charge in [-0.15, -0.1) is 0 Å². The molecule has 0 amide bonds. The van der Waals surface area contributed by atoms with Crippen LogP contribution in [0.1, 0.15) is 30.5 Å². The molecule has 1 aliphatic heterocycles. The van der Waals surface area contributed by atoms with E-state index in [9.17, 15) is 4.39 Å². The molecule has 1 aliphatic rings. The Kier molecular flexibility index (Phi) is 5.89. The average molecular weight is 391 g/mol. The van der Waals surface area contributed by atoms with E-state index in [1.165, 1.54) is 31.0 Å². The number of aromatic nitrogens is 2. The van der Waals surface area contributed by atoms with Crippen molar-refractivity contribution in [3.8, 4) is 0 Å². The third kappa shape index (κ3) is 5.02. The molecule has 4 rings (SSSR count). The second-order valence-corrected chi connectivity index (χ2v) is 7.38. The zero-order valence-corrected chi connectivity index (χ0v) is 16.7. The van der Waals surface area contributed by atoms with Gasteiger partial charge in [0.15, 0.2) is 0 Å². The van der Waals surface area contributed by atoms with E-state index in [2.05, 4.69) is 49.8 Å². The minimum absolute atomic E-state index is 0.224. The fraction of sp³-hybridized carbons (Fsp3) is 0.304. The van der Waals surface area contributed by atoms with Gasteiger partial charge in [-0.3, -0.25) is 0 Å². The van der Waals surface area contributed by atoms with Gasteiger partial charge in [0.05, 0.1) is 0 Å². The Morgan fingerprint density at radius 3 is 2.48 bits per heavy atom. The van der Waals surface area contributed by atoms with Crippen LogP contribution in [-0.4, -0.2) is 23.1 Å². The van der Waals surface area contributed by atoms with E-state index in [1.807, 2.05) is 19.1 Å². The Labute approximate surface area is 171 Å². The summed E-state index contributed by atoms with van der Waals surface area (Å²) in [5.74, 6) is 0.956. The molecule has 0 unspecified atom stereocenters. The second kappa shape index (κ2) is 8.90. The zero-order chi connectivity index (χ0) is 20.1. The van der Waals surface area contributed by atoms with Crippen LogP contribution in [0.15, 0.2) is 54.6 Å². The monoisotopic (exact) mass is 391 g/mol. The van der Waals surface area contributed by atoms with Crippen LogP contribution in [0, 0.1) is 12.7 Å². The summed E-state index contributed by atoms with van der Waals surface area (Å²) in [4.78, 5) is 11.4. The van der Waals surface area contributed by atoms with Crippen molar-refractivity contribution in [1.82, 2.24) is 9.97 Å². The minimum atomic E-state index is -0.224. The van der Waals surface area contributed by atoms with Gasteiger partial charge in [-0.2, -0.15) is 4.98 Å². The van der Waals surface area contributed by atoms with Gasteiger partial charge in [0.2, 0.25) is 5.95 Å². The van der Waals surface area contributed by atoms with Gasteiger partial charge >= 0.3 is 0 Å². The van der Waals surface area contributed by atoms with Crippen molar-refractivity contribution in [1.29, 1.82) is 0 Å². The Balaban J connectivity index is 1.42. The van der Waals surface area contributed by atoms with E-state index >= 15 is 0 Å². The molecule has 0 spiro atoms. The lowest BCUT2D eigenvalue weighted by Gasteiger charge is -2.28. The van der Waals surface area contributed by atoms with Gasteiger partial charge in [-0.25, -0.2) is 9.37 Å². The number of aryl methyl sites for hydroxylation is 1. The van der Waals surface area contributed by atoms with Crippen LogP contribution < -0.4 is 15.5 Å². The highest BCUT2D eigenvalue weighted by atomic mass is 19.1. The molecule has 0 saturated carbocycles. The van der Waals surface area contributed by atoms with Crippen molar-refractivity contribution >= 4 is 23.1 Å². The third-order valence-electron chi connectivity index (χ3n) is 5.12. The number of nitrogens with one attached hydrogen (secondary N) is 2. The number of halogens is 1. The average Bonchev–Trinajstić information content (AvgIpc) is 2.74. The number of anilines is 4. The van der Waals surface area contributed by atoms with Crippen molar-refractivity contribution in [3.05, 3.63) is 71.7 Å². The molecule has 0 radical (unpaired) electrons. The fourth-order valence-electron chi connectivity index (χ4n) is 3.58. The highest BCUT2D eigenvalue weighted by Crippen LogP contribution is 2.23. The summed E-state index contributed by atoms with van der Waals surface area (Å²) in [7, 11) is 0. The molecule has 6 heteroatoms. The highest BCUT2D eigenvalue weighted by molar-refractivity contribution is 5.60. The minimum Gasteiger partial charge on any atom is -0.372 e. The molecule has 0 aliphatic carbocycles. The SMILES string of the molecule is Cc1cc(NCc2ccccc2F)nc(Nc2ccc(N3CCCCC3)cc2)n1. The number of hydrogen-bond acceptors (Lipinski definition) is 5. The largest absolute Gasteiger partial charge is 0.372 e. The molecule has 1 fully saturated rings. The molecule has 5 nitrogen and oxygen atoms in total. The van der Waals surface area contributed by atoms with E-state index < -0.39 is 0 Å². The van der Waals surface area contributed by atoms with Gasteiger partial charge in [-0.1, -0.05) is 18.2 Å². The fourth-order valence-corrected chi connectivity index (χ4v) is 3.58. The molecule has 2 aromatic carbocycles. The van der Waals surface area contributed by atoms with Gasteiger partial charge in [-0.05, 0) is 56.5 Å². The zero-order valence-electron chi connectivity index (χ0n) is 16.7. The van der Waals surface area contributed by atoms with Crippen LogP contribution in [0.2, 0.25) is 0 Å². The first-order chi connectivity index (χ1) is 14.2. The highest BCUT2D eigenvalue weighted by Gasteiger charge is 2.11. The molecule has 1 aromatic heterocycles. The predicted molar refractivity (Wildman–Crippen MR) is 116 cm³/mol. The van der Waals surface area contributed by atoms with Crippen LogP contribution in [0.4, 0.5) is 27.5 Å². The van der Waals surface area contributed by atoms with E-state index in [4.69, 9.17) is 0 Å². The molecule has 29 heavy (non-hydrogen) atoms. The summed E-state index contributed by atoms with van der Waals surface area (Å²) in [6, 6.07) is 17.0. The van der Waals surface area contributed by atoms with Crippen molar-refractivity contribution < 1.29 is 4.39 Å². The van der Waals surface area contributed by atoms with E-state index in [0.717, 1.165) is 24.5 Å². The summed E-state index contributed by atoms with van der Waals surface area (Å²) < 4.78 is 13.8. The molecule has 1 saturated heterocycles. The summed E-state index contributed by atoms with van der Waals surface area (Å²) in [5, 5.41) is 6.45. The molecule has 0 atom stereocenters. The third-order valence-corrected chi connectivity index (χ3v) is 5.12. The number of benzene rings is 2. The van der Waals surface area contributed by atoms with Gasteiger partial charge in [0.25, 0.3) is 0 Å². The Bertz CT molecular complexity index is 952. The van der Waals surface area contributed by atoms with E-state index in [1.54, 1.807) is 12.1 Å². The smallest absolute Gasteiger partial charge is 0.229 e. The Morgan fingerprint density at radius 2 is 1.72 bits per heavy atom. The van der Waals surface area contributed by atoms with Crippen molar-refractivity contribution in [2.75, 3.05) is 28.6 Å². The first-order valence-corrected chi connectivity index (χ1v) is 10.1. The summed E-state index contributed by atoms with van der Waals surface area (Å²) >= 11 is 0. The van der Waals surface area contributed by atoms with Crippen LogP contribution in [0.25, 0.3) is 0 Å². The van der Waals surface area contributed by atoms with Gasteiger partial charge in [0.1, 0.15) is 11.6 Å². The van der Waals surface area contributed by atoms with Gasteiger partial charge < -0.3 is 15.5 Å². The Hall–Kier alpha value is -3.15. The molecule has 2 heterocycles. The van der Waals surface area contributed by atoms with Crippen LogP contribution in [-0.2, 0) is 6.54 Å². The summed E-state index contributed by atoms with van der Waals surface area (Å²) in [6.07, 6.45) is 3.85. The maximum Gasteiger partial charge on any atom is 0.229 e. The molecule has 150 valence electrons. The standard InChI is InChI=1S/C23H26FN5/c1-17-15-22(25-16-18-7-3-4-8-21(18)24)28-23(26-17)27-19-9-11-20(12-10-19)29-13-5-2-6-14-29/h3-4,7-12,15H,2,5-6,13-14,16H2,1H3,(H2,25,26,27,28). The number of hydrogen-bond donors (Lipinski definition) is 2. The lowest BCUT2D eigenvalue weighted by Crippen LogP contribution is -2.29. The molecular formula is C23H26FN5. The van der Waals surface area contributed by atoms with E-state index in [-0.39, 0.29) is 5.82 Å². The number of piperidine rings is 1. The summed E-state index contributed by atoms with van der Waals surface area (Å²) in [6.45, 7) is 4.54. The lowest BCUT2D eigenvalue weighted by atomic mass is 10.1. The van der Waals surface area contributed by atoms with Gasteiger partial charge in [0, 0.05) is 48.3 Å². The van der Waals surface area contributed by atoms with Crippen LogP contribution in [0.5, 0.6) is 0 Å². The first-order valence-electron chi connectivity index (χ1n) is 10.1. The first kappa shape index (κ1) is 19.2. The molecular weight excluding hydrogens is 365 g/mol. The predicted octanol–water partition coefficient (Wildman–Crippen LogP) is 5.27. The van der Waals surface area contributed by atoms with Crippen molar-refractivity contribution in [2.45, 2.75) is 32.7 Å². The quantitative estimate of drug-likeness (QED) is 0.599. The Morgan fingerprint density at radius 1 is 0.966 bits per heavy atom. The maximum absolute atomic E-state index is 13.8. The van der Waals surface area contributed by atoms with Crippen LogP contribution >= 0.6 is 0 Å². The topological polar surface area (TPSA) is 53.1 Å². The van der Waals surface area contributed by atoms with Crippen LogP contribution in [0.3, 0.4) is 0 Å². The molecule has 2 N–H and O–H groups in total. The number of nitrogens with zero attached hydrogens (tertiary/aromatic N) is 3. The van der Waals surface area contributed by atoms with Crippen molar-refractivity contribution in [3.63, 3.8) is 0 Å².